The molecule has 2 aromatic rings. The molecular formula is C13H19N5. The minimum atomic E-state index is 0.287. The second-order valence-electron chi connectivity index (χ2n) is 4.75. The quantitative estimate of drug-likeness (QED) is 0.840. The fourth-order valence-corrected chi connectivity index (χ4v) is 2.22. The highest BCUT2D eigenvalue weighted by atomic mass is 15.5. The van der Waals surface area contributed by atoms with Crippen molar-refractivity contribution in [2.45, 2.75) is 33.2 Å². The molecule has 0 aliphatic heterocycles. The van der Waals surface area contributed by atoms with E-state index >= 15 is 0 Å². The van der Waals surface area contributed by atoms with Gasteiger partial charge in [0.1, 0.15) is 0 Å². The Morgan fingerprint density at radius 1 is 1.28 bits per heavy atom. The summed E-state index contributed by atoms with van der Waals surface area (Å²) in [4.78, 5) is 0. The van der Waals surface area contributed by atoms with Crippen molar-refractivity contribution in [2.75, 3.05) is 5.73 Å². The molecule has 5 heteroatoms. The smallest absolute Gasteiger partial charge is 0.184 e. The molecule has 0 aliphatic rings. The van der Waals surface area contributed by atoms with E-state index in [9.17, 15) is 0 Å². The first-order valence-corrected chi connectivity index (χ1v) is 6.27. The van der Waals surface area contributed by atoms with Crippen LogP contribution in [0.25, 0.3) is 11.4 Å². The van der Waals surface area contributed by atoms with Crippen LogP contribution in [-0.4, -0.2) is 20.2 Å². The molecule has 1 aromatic heterocycles. The molecule has 0 radical (unpaired) electrons. The molecule has 0 fully saturated rings. The van der Waals surface area contributed by atoms with E-state index in [2.05, 4.69) is 36.3 Å². The van der Waals surface area contributed by atoms with Crippen LogP contribution in [0.15, 0.2) is 24.3 Å². The van der Waals surface area contributed by atoms with Gasteiger partial charge in [0.15, 0.2) is 5.82 Å². The van der Waals surface area contributed by atoms with Crippen molar-refractivity contribution in [1.29, 1.82) is 0 Å². The predicted octanol–water partition coefficient (Wildman–Crippen LogP) is 2.53. The van der Waals surface area contributed by atoms with Crippen molar-refractivity contribution in [3.63, 3.8) is 0 Å². The van der Waals surface area contributed by atoms with Gasteiger partial charge in [-0.2, -0.15) is 0 Å². The van der Waals surface area contributed by atoms with Crippen LogP contribution >= 0.6 is 0 Å². The van der Waals surface area contributed by atoms with E-state index in [-0.39, 0.29) is 6.04 Å². The number of benzene rings is 1. The summed E-state index contributed by atoms with van der Waals surface area (Å²) in [6.45, 7) is 6.49. The van der Waals surface area contributed by atoms with E-state index in [4.69, 9.17) is 5.73 Å². The van der Waals surface area contributed by atoms with E-state index in [0.717, 1.165) is 17.8 Å². The Bertz CT molecular complexity index is 518. The molecule has 1 heterocycles. The van der Waals surface area contributed by atoms with Crippen molar-refractivity contribution in [2.24, 2.45) is 5.92 Å². The zero-order valence-electron chi connectivity index (χ0n) is 11.0. The first kappa shape index (κ1) is 12.5. The lowest BCUT2D eigenvalue weighted by atomic mass is 10.0. The highest BCUT2D eigenvalue weighted by molar-refractivity contribution is 5.71. The number of hydrogen-bond acceptors (Lipinski definition) is 4. The summed E-state index contributed by atoms with van der Waals surface area (Å²) in [6.07, 6.45) is 0.989. The summed E-state index contributed by atoms with van der Waals surface area (Å²) in [5, 5.41) is 12.0. The number of tetrazole rings is 1. The third-order valence-electron chi connectivity index (χ3n) is 3.20. The molecule has 0 saturated heterocycles. The lowest BCUT2D eigenvalue weighted by Crippen LogP contribution is -2.17. The molecule has 1 unspecified atom stereocenters. The summed E-state index contributed by atoms with van der Waals surface area (Å²) < 4.78 is 1.89. The van der Waals surface area contributed by atoms with Gasteiger partial charge in [-0.15, -0.1) is 5.10 Å². The van der Waals surface area contributed by atoms with Crippen LogP contribution in [0.4, 0.5) is 5.69 Å². The maximum absolute atomic E-state index is 5.99. The third kappa shape index (κ3) is 2.20. The number of hydrogen-bond donors (Lipinski definition) is 1. The second-order valence-corrected chi connectivity index (χ2v) is 4.75. The molecular weight excluding hydrogens is 226 g/mol. The molecule has 0 saturated carbocycles. The maximum Gasteiger partial charge on any atom is 0.184 e. The standard InChI is InChI=1S/C13H19N5/c1-4-12(9(2)3)18-13(15-16-17-18)10-7-5-6-8-11(10)14/h5-9,12H,4,14H2,1-3H3. The van der Waals surface area contributed by atoms with Crippen LogP contribution in [0.3, 0.4) is 0 Å². The zero-order chi connectivity index (χ0) is 13.1. The lowest BCUT2D eigenvalue weighted by molar-refractivity contribution is 0.333. The average molecular weight is 245 g/mol. The van der Waals surface area contributed by atoms with Gasteiger partial charge in [-0.25, -0.2) is 4.68 Å². The van der Waals surface area contributed by atoms with Crippen molar-refractivity contribution < 1.29 is 0 Å². The summed E-state index contributed by atoms with van der Waals surface area (Å²) in [5.74, 6) is 1.22. The van der Waals surface area contributed by atoms with Crippen LogP contribution in [0.2, 0.25) is 0 Å². The van der Waals surface area contributed by atoms with Crippen molar-refractivity contribution in [3.8, 4) is 11.4 Å². The number of anilines is 1. The van der Waals surface area contributed by atoms with Crippen molar-refractivity contribution >= 4 is 5.69 Å². The van der Waals surface area contributed by atoms with E-state index in [1.807, 2.05) is 28.9 Å². The maximum atomic E-state index is 5.99. The molecule has 2 rings (SSSR count). The molecule has 1 atom stereocenters. The Morgan fingerprint density at radius 3 is 2.61 bits per heavy atom. The summed E-state index contributed by atoms with van der Waals surface area (Å²) >= 11 is 0. The number of nitrogens with two attached hydrogens (primary N) is 1. The van der Waals surface area contributed by atoms with Gasteiger partial charge in [0, 0.05) is 11.3 Å². The predicted molar refractivity (Wildman–Crippen MR) is 71.8 cm³/mol. The van der Waals surface area contributed by atoms with Crippen LogP contribution in [0.1, 0.15) is 33.2 Å². The van der Waals surface area contributed by atoms with E-state index < -0.39 is 0 Å². The van der Waals surface area contributed by atoms with Gasteiger partial charge < -0.3 is 5.73 Å². The van der Waals surface area contributed by atoms with Crippen molar-refractivity contribution in [1.82, 2.24) is 20.2 Å². The largest absolute Gasteiger partial charge is 0.398 e. The van der Waals surface area contributed by atoms with Crippen molar-refractivity contribution in [3.05, 3.63) is 24.3 Å². The summed E-state index contributed by atoms with van der Waals surface area (Å²) in [7, 11) is 0. The number of nitrogens with zero attached hydrogens (tertiary/aromatic N) is 4. The Morgan fingerprint density at radius 2 is 2.00 bits per heavy atom. The lowest BCUT2D eigenvalue weighted by Gasteiger charge is -2.20. The van der Waals surface area contributed by atoms with Gasteiger partial charge in [0.25, 0.3) is 0 Å². The molecule has 0 amide bonds. The van der Waals surface area contributed by atoms with Gasteiger partial charge in [-0.3, -0.25) is 0 Å². The fourth-order valence-electron chi connectivity index (χ4n) is 2.22. The SMILES string of the molecule is CCC(C(C)C)n1nnnc1-c1ccccc1N. The first-order valence-electron chi connectivity index (χ1n) is 6.27. The number of para-hydroxylation sites is 1. The average Bonchev–Trinajstić information content (AvgIpc) is 2.79. The first-order chi connectivity index (χ1) is 8.65. The van der Waals surface area contributed by atoms with E-state index in [1.165, 1.54) is 0 Å². The molecule has 1 aromatic carbocycles. The number of aromatic nitrogens is 4. The number of nitrogen functional groups attached to an aromatic ring is 1. The molecule has 0 aliphatic carbocycles. The molecule has 96 valence electrons. The molecule has 5 nitrogen and oxygen atoms in total. The van der Waals surface area contributed by atoms with Crippen LogP contribution in [0.5, 0.6) is 0 Å². The second kappa shape index (κ2) is 5.16. The Labute approximate surface area is 107 Å². The fraction of sp³-hybridized carbons (Fsp3) is 0.462. The van der Waals surface area contributed by atoms with Gasteiger partial charge in [0.2, 0.25) is 0 Å². The van der Waals surface area contributed by atoms with Crippen LogP contribution in [0, 0.1) is 5.92 Å². The van der Waals surface area contributed by atoms with Gasteiger partial charge in [0.05, 0.1) is 6.04 Å². The third-order valence-corrected chi connectivity index (χ3v) is 3.20. The van der Waals surface area contributed by atoms with E-state index in [0.29, 0.717) is 11.6 Å². The molecule has 0 bridgehead atoms. The Hall–Kier alpha value is -1.91. The normalized spacial score (nSPS) is 12.9. The van der Waals surface area contributed by atoms with Crippen LogP contribution < -0.4 is 5.73 Å². The highest BCUT2D eigenvalue weighted by Gasteiger charge is 2.20. The Balaban J connectivity index is 2.48. The minimum Gasteiger partial charge on any atom is -0.398 e. The van der Waals surface area contributed by atoms with Gasteiger partial charge in [-0.1, -0.05) is 32.9 Å². The summed E-state index contributed by atoms with van der Waals surface area (Å²) in [5.41, 5.74) is 7.58. The molecule has 18 heavy (non-hydrogen) atoms. The topological polar surface area (TPSA) is 69.6 Å². The summed E-state index contributed by atoms with van der Waals surface area (Å²) in [6, 6.07) is 7.96. The zero-order valence-corrected chi connectivity index (χ0v) is 11.0. The minimum absolute atomic E-state index is 0.287. The Kier molecular flexibility index (Phi) is 3.60. The number of rotatable bonds is 4. The van der Waals surface area contributed by atoms with E-state index in [1.54, 1.807) is 0 Å². The molecule has 0 spiro atoms. The molecule has 2 N–H and O–H groups in total. The van der Waals surface area contributed by atoms with Gasteiger partial charge in [-0.05, 0) is 34.9 Å². The monoisotopic (exact) mass is 245 g/mol. The van der Waals surface area contributed by atoms with Crippen LogP contribution in [-0.2, 0) is 0 Å². The highest BCUT2D eigenvalue weighted by Crippen LogP contribution is 2.28. The van der Waals surface area contributed by atoms with Gasteiger partial charge >= 0.3 is 0 Å².